The third kappa shape index (κ3) is 4.23. The number of benzene rings is 1. The summed E-state index contributed by atoms with van der Waals surface area (Å²) in [5.41, 5.74) is -1.18. The summed E-state index contributed by atoms with van der Waals surface area (Å²) in [4.78, 5) is 26.2. The zero-order valence-corrected chi connectivity index (χ0v) is 15.0. The number of nitrogens with zero attached hydrogens (tertiary/aromatic N) is 1. The third-order valence-corrected chi connectivity index (χ3v) is 5.54. The van der Waals surface area contributed by atoms with E-state index in [2.05, 4.69) is 4.84 Å². The number of carboxylic acid groups (broad SMARTS) is 1. The molecular formula is C13H17NO8S2. The molecule has 0 saturated heterocycles. The van der Waals surface area contributed by atoms with Crippen LogP contribution in [-0.4, -0.2) is 44.7 Å². The number of hydrogen-bond acceptors (Lipinski definition) is 7. The Hall–Kier alpha value is -2.14. The molecule has 0 spiro atoms. The maximum absolute atomic E-state index is 12.5. The van der Waals surface area contributed by atoms with Gasteiger partial charge in [-0.1, -0.05) is 12.1 Å². The van der Waals surface area contributed by atoms with Gasteiger partial charge in [0.2, 0.25) is 0 Å². The average Bonchev–Trinajstić information content (AvgIpc) is 2.41. The van der Waals surface area contributed by atoms with Crippen molar-refractivity contribution < 1.29 is 36.4 Å². The van der Waals surface area contributed by atoms with Crippen molar-refractivity contribution in [2.45, 2.75) is 30.6 Å². The molecule has 1 amide bonds. The van der Waals surface area contributed by atoms with E-state index in [-0.39, 0.29) is 0 Å². The predicted octanol–water partition coefficient (Wildman–Crippen LogP) is 1.26. The Morgan fingerprint density at radius 1 is 1.04 bits per heavy atom. The molecule has 1 aromatic rings. The lowest BCUT2D eigenvalue weighted by atomic mass is 9.98. The van der Waals surface area contributed by atoms with Crippen molar-refractivity contribution in [2.24, 2.45) is 5.41 Å². The molecule has 134 valence electrons. The van der Waals surface area contributed by atoms with E-state index in [4.69, 9.17) is 5.11 Å². The Bertz CT molecular complexity index is 865. The quantitative estimate of drug-likeness (QED) is 0.776. The molecule has 0 atom stereocenters. The SMILES string of the molecule is CC(C)(C)C(=O)ON(C(=O)O)S(=O)(=O)c1ccccc1S(C)(=O)=O. The zero-order chi connectivity index (χ0) is 18.9. The fraction of sp³-hybridized carbons (Fsp3) is 0.385. The number of carbonyl (C=O) groups is 2. The maximum atomic E-state index is 12.5. The Balaban J connectivity index is 3.51. The summed E-state index contributed by atoms with van der Waals surface area (Å²) in [5.74, 6) is -1.12. The predicted molar refractivity (Wildman–Crippen MR) is 82.1 cm³/mol. The first kappa shape index (κ1) is 19.9. The Labute approximate surface area is 139 Å². The van der Waals surface area contributed by atoms with Gasteiger partial charge in [0.1, 0.15) is 4.90 Å². The molecule has 0 radical (unpaired) electrons. The normalized spacial score (nSPS) is 12.5. The lowest BCUT2D eigenvalue weighted by Crippen LogP contribution is -2.41. The standard InChI is InChI=1S/C13H17NO8S2/c1-13(2,3)11(15)22-14(12(16)17)24(20,21)10-8-6-5-7-9(10)23(4,18)19/h5-8H,1-4H3,(H,16,17). The molecule has 0 bridgehead atoms. The highest BCUT2D eigenvalue weighted by atomic mass is 32.2. The van der Waals surface area contributed by atoms with Crippen LogP contribution >= 0.6 is 0 Å². The molecular weight excluding hydrogens is 362 g/mol. The fourth-order valence-electron chi connectivity index (χ4n) is 1.46. The van der Waals surface area contributed by atoms with Crippen LogP contribution in [0, 0.1) is 5.41 Å². The van der Waals surface area contributed by atoms with Crippen molar-refractivity contribution in [3.8, 4) is 0 Å². The Kier molecular flexibility index (Phi) is 5.31. The first-order chi connectivity index (χ1) is 10.7. The van der Waals surface area contributed by atoms with E-state index in [0.29, 0.717) is 0 Å². The van der Waals surface area contributed by atoms with Gasteiger partial charge in [0.15, 0.2) is 9.84 Å². The summed E-state index contributed by atoms with van der Waals surface area (Å²) in [6.45, 7) is 4.19. The van der Waals surface area contributed by atoms with Gasteiger partial charge < -0.3 is 9.94 Å². The van der Waals surface area contributed by atoms with E-state index < -0.39 is 51.6 Å². The summed E-state index contributed by atoms with van der Waals surface area (Å²) in [5, 5.41) is 9.10. The van der Waals surface area contributed by atoms with Crippen LogP contribution in [0.2, 0.25) is 0 Å². The van der Waals surface area contributed by atoms with Gasteiger partial charge in [-0.2, -0.15) is 8.42 Å². The zero-order valence-electron chi connectivity index (χ0n) is 13.4. The lowest BCUT2D eigenvalue weighted by molar-refractivity contribution is -0.174. The monoisotopic (exact) mass is 379 g/mol. The van der Waals surface area contributed by atoms with Gasteiger partial charge in [-0.15, -0.1) is 0 Å². The highest BCUT2D eigenvalue weighted by Gasteiger charge is 2.39. The second-order valence-corrected chi connectivity index (χ2v) is 9.57. The van der Waals surface area contributed by atoms with Crippen LogP contribution < -0.4 is 0 Å². The summed E-state index contributed by atoms with van der Waals surface area (Å²) in [6, 6.07) is 4.41. The number of amides is 1. The van der Waals surface area contributed by atoms with Crippen LogP contribution in [0.1, 0.15) is 20.8 Å². The molecule has 0 unspecified atom stereocenters. The molecule has 0 aliphatic heterocycles. The van der Waals surface area contributed by atoms with Crippen LogP contribution in [0.5, 0.6) is 0 Å². The topological polar surface area (TPSA) is 135 Å². The van der Waals surface area contributed by atoms with Crippen molar-refractivity contribution in [1.82, 2.24) is 4.47 Å². The van der Waals surface area contributed by atoms with Crippen LogP contribution in [0.25, 0.3) is 0 Å². The minimum Gasteiger partial charge on any atom is -0.462 e. The van der Waals surface area contributed by atoms with Crippen LogP contribution in [-0.2, 0) is 29.5 Å². The van der Waals surface area contributed by atoms with Gasteiger partial charge in [0.25, 0.3) is 0 Å². The molecule has 0 fully saturated rings. The largest absolute Gasteiger partial charge is 0.462 e. The van der Waals surface area contributed by atoms with E-state index in [1.54, 1.807) is 0 Å². The summed E-state index contributed by atoms with van der Waals surface area (Å²) < 4.78 is 47.9. The van der Waals surface area contributed by atoms with E-state index in [0.717, 1.165) is 18.4 Å². The van der Waals surface area contributed by atoms with E-state index in [1.165, 1.54) is 32.9 Å². The number of carbonyl (C=O) groups excluding carboxylic acids is 1. The van der Waals surface area contributed by atoms with Crippen molar-refractivity contribution in [1.29, 1.82) is 0 Å². The molecule has 1 N–H and O–H groups in total. The summed E-state index contributed by atoms with van der Waals surface area (Å²) >= 11 is 0. The van der Waals surface area contributed by atoms with Gasteiger partial charge in [0.05, 0.1) is 10.3 Å². The molecule has 0 aliphatic rings. The fourth-order valence-corrected chi connectivity index (χ4v) is 4.11. The lowest BCUT2D eigenvalue weighted by Gasteiger charge is -2.23. The van der Waals surface area contributed by atoms with E-state index >= 15 is 0 Å². The van der Waals surface area contributed by atoms with Gasteiger partial charge in [-0.3, -0.25) is 0 Å². The van der Waals surface area contributed by atoms with Gasteiger partial charge >= 0.3 is 22.1 Å². The number of rotatable bonds is 3. The molecule has 24 heavy (non-hydrogen) atoms. The average molecular weight is 379 g/mol. The molecule has 0 aliphatic carbocycles. The number of hydroxylamine groups is 1. The molecule has 0 heterocycles. The van der Waals surface area contributed by atoms with Crippen LogP contribution in [0.4, 0.5) is 4.79 Å². The van der Waals surface area contributed by atoms with Crippen LogP contribution in [0.3, 0.4) is 0 Å². The third-order valence-electron chi connectivity index (χ3n) is 2.68. The maximum Gasteiger partial charge on any atom is 0.456 e. The molecule has 1 aromatic carbocycles. The molecule has 0 saturated carbocycles. The van der Waals surface area contributed by atoms with Crippen molar-refractivity contribution in [3.63, 3.8) is 0 Å². The molecule has 9 nitrogen and oxygen atoms in total. The van der Waals surface area contributed by atoms with Gasteiger partial charge in [0, 0.05) is 6.26 Å². The number of sulfonamides is 1. The van der Waals surface area contributed by atoms with Gasteiger partial charge in [-0.05, 0) is 37.4 Å². The highest BCUT2D eigenvalue weighted by molar-refractivity contribution is 7.93. The van der Waals surface area contributed by atoms with Crippen molar-refractivity contribution >= 4 is 31.9 Å². The van der Waals surface area contributed by atoms with E-state index in [1.807, 2.05) is 0 Å². The first-order valence-electron chi connectivity index (χ1n) is 6.49. The van der Waals surface area contributed by atoms with E-state index in [9.17, 15) is 26.4 Å². The minimum absolute atomic E-state index is 0.537. The second-order valence-electron chi connectivity index (χ2n) is 5.86. The Morgan fingerprint density at radius 2 is 1.50 bits per heavy atom. The highest BCUT2D eigenvalue weighted by Crippen LogP contribution is 2.26. The number of hydrogen-bond donors (Lipinski definition) is 1. The van der Waals surface area contributed by atoms with Crippen molar-refractivity contribution in [2.75, 3.05) is 6.26 Å². The van der Waals surface area contributed by atoms with Gasteiger partial charge in [-0.25, -0.2) is 18.0 Å². The molecule has 11 heteroatoms. The smallest absolute Gasteiger partial charge is 0.456 e. The molecule has 0 aromatic heterocycles. The number of sulfone groups is 1. The summed E-state index contributed by atoms with van der Waals surface area (Å²) in [7, 11) is -8.93. The second kappa shape index (κ2) is 6.40. The Morgan fingerprint density at radius 3 is 1.88 bits per heavy atom. The molecule has 1 rings (SSSR count). The summed E-state index contributed by atoms with van der Waals surface area (Å²) in [6.07, 6.45) is -1.32. The van der Waals surface area contributed by atoms with Crippen LogP contribution in [0.15, 0.2) is 34.1 Å². The minimum atomic E-state index is -4.96. The van der Waals surface area contributed by atoms with Crippen molar-refractivity contribution in [3.05, 3.63) is 24.3 Å². The first-order valence-corrected chi connectivity index (χ1v) is 9.82.